The van der Waals surface area contributed by atoms with Gasteiger partial charge in [0.15, 0.2) is 10.4 Å². The minimum absolute atomic E-state index is 0.611. The predicted octanol–water partition coefficient (Wildman–Crippen LogP) is 5.37. The number of aromatic nitrogens is 3. The normalized spacial score (nSPS) is 11.1. The van der Waals surface area contributed by atoms with Crippen molar-refractivity contribution in [2.45, 2.75) is 0 Å². The van der Waals surface area contributed by atoms with E-state index in [4.69, 9.17) is 12.2 Å². The second-order valence-corrected chi connectivity index (χ2v) is 6.96. The van der Waals surface area contributed by atoms with Crippen molar-refractivity contribution in [1.29, 1.82) is 0 Å². The Kier molecular flexibility index (Phi) is 3.63. The van der Waals surface area contributed by atoms with Crippen molar-refractivity contribution >= 4 is 71.2 Å². The van der Waals surface area contributed by atoms with Gasteiger partial charge in [0.05, 0.1) is 11.2 Å². The molecule has 0 saturated carbocycles. The van der Waals surface area contributed by atoms with E-state index in [2.05, 4.69) is 57.8 Å². The highest BCUT2D eigenvalue weighted by Crippen LogP contribution is 2.28. The van der Waals surface area contributed by atoms with Crippen LogP contribution in [0, 0.1) is 4.77 Å². The molecule has 0 aliphatic heterocycles. The Morgan fingerprint density at radius 2 is 1.89 bits per heavy atom. The van der Waals surface area contributed by atoms with Crippen LogP contribution < -0.4 is 0 Å². The summed E-state index contributed by atoms with van der Waals surface area (Å²) < 4.78 is 5.37. The van der Waals surface area contributed by atoms with Crippen molar-refractivity contribution in [3.05, 3.63) is 48.7 Å². The van der Waals surface area contributed by atoms with Crippen LogP contribution >= 0.6 is 60.0 Å². The van der Waals surface area contributed by atoms with E-state index in [-0.39, 0.29) is 0 Å². The van der Waals surface area contributed by atoms with Crippen LogP contribution in [-0.2, 0) is 0 Å². The molecule has 3 nitrogen and oxygen atoms in total. The van der Waals surface area contributed by atoms with Gasteiger partial charge in [0, 0.05) is 19.6 Å². The molecule has 96 valence electrons. The molecule has 0 fully saturated rings. The molecular formula is C12H6Br3N3S. The van der Waals surface area contributed by atoms with Crippen LogP contribution in [0.2, 0.25) is 0 Å². The number of halogens is 3. The van der Waals surface area contributed by atoms with Crippen LogP contribution in [-0.4, -0.2) is 14.5 Å². The number of H-pyrrole nitrogens is 1. The molecule has 3 aromatic rings. The van der Waals surface area contributed by atoms with Crippen LogP contribution in [0.1, 0.15) is 0 Å². The fourth-order valence-electron chi connectivity index (χ4n) is 1.85. The Morgan fingerprint density at radius 3 is 2.68 bits per heavy atom. The van der Waals surface area contributed by atoms with Crippen LogP contribution in [0.4, 0.5) is 0 Å². The Morgan fingerprint density at radius 1 is 1.11 bits per heavy atom. The maximum absolute atomic E-state index is 5.40. The number of benzene rings is 1. The number of imidazole rings is 1. The monoisotopic (exact) mass is 461 g/mol. The van der Waals surface area contributed by atoms with Gasteiger partial charge in [-0.2, -0.15) is 0 Å². The lowest BCUT2D eigenvalue weighted by atomic mass is 10.3. The van der Waals surface area contributed by atoms with E-state index in [9.17, 15) is 0 Å². The zero-order valence-electron chi connectivity index (χ0n) is 9.32. The van der Waals surface area contributed by atoms with Gasteiger partial charge in [0.2, 0.25) is 0 Å². The molecule has 0 aliphatic carbocycles. The Labute approximate surface area is 139 Å². The van der Waals surface area contributed by atoms with Crippen molar-refractivity contribution in [3.63, 3.8) is 0 Å². The Hall–Kier alpha value is -0.500. The topological polar surface area (TPSA) is 33.6 Å². The summed E-state index contributed by atoms with van der Waals surface area (Å²) in [6.45, 7) is 0. The van der Waals surface area contributed by atoms with Gasteiger partial charge < -0.3 is 4.98 Å². The summed E-state index contributed by atoms with van der Waals surface area (Å²) in [6.07, 6.45) is 1.76. The van der Waals surface area contributed by atoms with E-state index in [0.717, 1.165) is 30.3 Å². The quantitative estimate of drug-likeness (QED) is 0.492. The second-order valence-electron chi connectivity index (χ2n) is 3.89. The average Bonchev–Trinajstić information content (AvgIpc) is 2.67. The highest BCUT2D eigenvalue weighted by Gasteiger charge is 2.11. The second kappa shape index (κ2) is 5.12. The molecular weight excluding hydrogens is 458 g/mol. The first-order valence-electron chi connectivity index (χ1n) is 5.28. The van der Waals surface area contributed by atoms with Gasteiger partial charge in [-0.05, 0) is 68.3 Å². The molecule has 0 amide bonds. The summed E-state index contributed by atoms with van der Waals surface area (Å²) in [6, 6.07) is 7.90. The molecule has 0 bridgehead atoms. The summed E-state index contributed by atoms with van der Waals surface area (Å²) in [5.74, 6) is 0. The van der Waals surface area contributed by atoms with E-state index in [1.165, 1.54) is 0 Å². The number of hydrogen-bond donors (Lipinski definition) is 1. The lowest BCUT2D eigenvalue weighted by molar-refractivity contribution is 1.03. The molecule has 0 atom stereocenters. The standard InChI is InChI=1S/C12H6Br3N3S/c13-6-1-2-8(15)10(4-6)18-11-9(17-12(18)19)3-7(14)5-16-11/h1-5H,(H,17,19). The minimum atomic E-state index is 0.611. The summed E-state index contributed by atoms with van der Waals surface area (Å²) in [5, 5.41) is 0. The first-order valence-corrected chi connectivity index (χ1v) is 8.06. The molecule has 0 aliphatic rings. The number of pyridine rings is 1. The van der Waals surface area contributed by atoms with Gasteiger partial charge in [0.1, 0.15) is 0 Å². The number of nitrogens with zero attached hydrogens (tertiary/aromatic N) is 2. The largest absolute Gasteiger partial charge is 0.329 e. The summed E-state index contributed by atoms with van der Waals surface area (Å²) in [4.78, 5) is 7.59. The van der Waals surface area contributed by atoms with E-state index < -0.39 is 0 Å². The fraction of sp³-hybridized carbons (Fsp3) is 0. The van der Waals surface area contributed by atoms with E-state index in [1.807, 2.05) is 28.8 Å². The van der Waals surface area contributed by atoms with E-state index in [1.54, 1.807) is 6.20 Å². The lowest BCUT2D eigenvalue weighted by Crippen LogP contribution is -1.96. The fourth-order valence-corrected chi connectivity index (χ4v) is 3.25. The van der Waals surface area contributed by atoms with Gasteiger partial charge in [-0.25, -0.2) is 4.98 Å². The molecule has 0 unspecified atom stereocenters. The number of aromatic amines is 1. The van der Waals surface area contributed by atoms with Crippen molar-refractivity contribution in [3.8, 4) is 5.69 Å². The Balaban J connectivity index is 2.39. The predicted molar refractivity (Wildman–Crippen MR) is 89.4 cm³/mol. The molecule has 2 aromatic heterocycles. The maximum atomic E-state index is 5.40. The van der Waals surface area contributed by atoms with Crippen molar-refractivity contribution in [1.82, 2.24) is 14.5 Å². The third-order valence-electron chi connectivity index (χ3n) is 2.64. The zero-order chi connectivity index (χ0) is 13.6. The molecule has 7 heteroatoms. The van der Waals surface area contributed by atoms with Crippen LogP contribution in [0.3, 0.4) is 0 Å². The first-order chi connectivity index (χ1) is 9.06. The number of rotatable bonds is 1. The van der Waals surface area contributed by atoms with Crippen LogP contribution in [0.5, 0.6) is 0 Å². The molecule has 3 rings (SSSR count). The van der Waals surface area contributed by atoms with Gasteiger partial charge in [-0.1, -0.05) is 15.9 Å². The Bertz CT molecular complexity index is 838. The smallest absolute Gasteiger partial charge is 0.184 e. The molecule has 2 heterocycles. The molecule has 0 spiro atoms. The molecule has 0 saturated heterocycles. The summed E-state index contributed by atoms with van der Waals surface area (Å²) in [5.41, 5.74) is 2.64. The van der Waals surface area contributed by atoms with Gasteiger partial charge in [0.25, 0.3) is 0 Å². The van der Waals surface area contributed by atoms with Crippen LogP contribution in [0.15, 0.2) is 43.9 Å². The highest BCUT2D eigenvalue weighted by atomic mass is 79.9. The number of hydrogen-bond acceptors (Lipinski definition) is 2. The van der Waals surface area contributed by atoms with E-state index >= 15 is 0 Å². The van der Waals surface area contributed by atoms with Crippen molar-refractivity contribution in [2.24, 2.45) is 0 Å². The zero-order valence-corrected chi connectivity index (χ0v) is 14.9. The lowest BCUT2D eigenvalue weighted by Gasteiger charge is -2.07. The van der Waals surface area contributed by atoms with Crippen molar-refractivity contribution < 1.29 is 0 Å². The average molecular weight is 464 g/mol. The maximum Gasteiger partial charge on any atom is 0.184 e. The van der Waals surface area contributed by atoms with Crippen molar-refractivity contribution in [2.75, 3.05) is 0 Å². The molecule has 19 heavy (non-hydrogen) atoms. The summed E-state index contributed by atoms with van der Waals surface area (Å²) in [7, 11) is 0. The molecule has 1 N–H and O–H groups in total. The third-order valence-corrected chi connectivity index (χ3v) is 4.52. The highest BCUT2D eigenvalue weighted by molar-refractivity contribution is 9.11. The van der Waals surface area contributed by atoms with E-state index in [0.29, 0.717) is 4.77 Å². The number of nitrogens with one attached hydrogen (secondary N) is 1. The SMILES string of the molecule is S=c1[nH]c2cc(Br)cnc2n1-c1cc(Br)ccc1Br. The number of fused-ring (bicyclic) bond motifs is 1. The minimum Gasteiger partial charge on any atom is -0.329 e. The summed E-state index contributed by atoms with van der Waals surface area (Å²) >= 11 is 15.8. The van der Waals surface area contributed by atoms with Crippen LogP contribution in [0.25, 0.3) is 16.9 Å². The molecule has 1 aromatic carbocycles. The first kappa shape index (κ1) is 13.5. The molecule has 0 radical (unpaired) electrons. The van der Waals surface area contributed by atoms with Gasteiger partial charge in [-0.3, -0.25) is 4.57 Å². The van der Waals surface area contributed by atoms with Gasteiger partial charge in [-0.15, -0.1) is 0 Å². The third kappa shape index (κ3) is 2.44. The van der Waals surface area contributed by atoms with Gasteiger partial charge >= 0.3 is 0 Å².